The van der Waals surface area contributed by atoms with Gasteiger partial charge < -0.3 is 20.6 Å². The first-order valence-electron chi connectivity index (χ1n) is 14.1. The standard InChI is InChI=1S/C31H33ClF3N5O4/c32-26-10-8-20(16-25(26)31(33,34)35)19-37-39-30(44)24-18-23(40-13-2-1-3-14-40)9-11-27(24)38-29(43)22-7-4-6-21(17-22)28(42)36-12-5-15-41/h4,6-11,16-18,37,41H,1-3,5,12-15,19H2,(H,36,42)(H,38,43)(H,39,44). The molecule has 3 amide bonds. The van der Waals surface area contributed by atoms with Crippen molar-refractivity contribution in [1.82, 2.24) is 16.2 Å². The zero-order valence-corrected chi connectivity index (χ0v) is 24.5. The number of alkyl halides is 3. The van der Waals surface area contributed by atoms with Crippen LogP contribution < -0.4 is 26.4 Å². The highest BCUT2D eigenvalue weighted by atomic mass is 35.5. The normalized spacial score (nSPS) is 13.3. The van der Waals surface area contributed by atoms with Gasteiger partial charge in [-0.1, -0.05) is 23.7 Å². The number of hydrazine groups is 1. The van der Waals surface area contributed by atoms with Gasteiger partial charge in [-0.2, -0.15) is 13.2 Å². The molecule has 1 aliphatic rings. The van der Waals surface area contributed by atoms with Crippen LogP contribution in [0.5, 0.6) is 0 Å². The van der Waals surface area contributed by atoms with Crippen LogP contribution in [-0.4, -0.2) is 49.1 Å². The molecule has 0 atom stereocenters. The van der Waals surface area contributed by atoms with Crippen molar-refractivity contribution < 1.29 is 32.7 Å². The number of anilines is 2. The number of nitrogens with one attached hydrogen (secondary N) is 4. The fourth-order valence-corrected chi connectivity index (χ4v) is 4.98. The van der Waals surface area contributed by atoms with Gasteiger partial charge in [0.15, 0.2) is 0 Å². The van der Waals surface area contributed by atoms with Crippen LogP contribution in [0.3, 0.4) is 0 Å². The largest absolute Gasteiger partial charge is 0.417 e. The maximum Gasteiger partial charge on any atom is 0.417 e. The first-order chi connectivity index (χ1) is 21.1. The maximum absolute atomic E-state index is 13.3. The van der Waals surface area contributed by atoms with Crippen LogP contribution in [-0.2, 0) is 12.7 Å². The SMILES string of the molecule is O=C(NCCCO)c1cccc(C(=O)Nc2ccc(N3CCCCC3)cc2C(=O)NNCc2ccc(Cl)c(C(F)(F)F)c2)c1. The number of carbonyl (C=O) groups excluding carboxylic acids is 3. The topological polar surface area (TPSA) is 123 Å². The molecule has 0 aromatic heterocycles. The number of aliphatic hydroxyl groups is 1. The lowest BCUT2D eigenvalue weighted by Gasteiger charge is -2.29. The highest BCUT2D eigenvalue weighted by molar-refractivity contribution is 6.31. The van der Waals surface area contributed by atoms with E-state index in [0.29, 0.717) is 6.42 Å². The molecule has 13 heteroatoms. The molecule has 234 valence electrons. The number of nitrogens with zero attached hydrogens (tertiary/aromatic N) is 1. The van der Waals surface area contributed by atoms with Crippen LogP contribution in [0.15, 0.2) is 60.7 Å². The number of amides is 3. The molecule has 0 saturated carbocycles. The summed E-state index contributed by atoms with van der Waals surface area (Å²) < 4.78 is 39.7. The third-order valence-corrected chi connectivity index (χ3v) is 7.38. The van der Waals surface area contributed by atoms with Crippen molar-refractivity contribution in [2.24, 2.45) is 0 Å². The van der Waals surface area contributed by atoms with Crippen LogP contribution in [0.2, 0.25) is 5.02 Å². The Morgan fingerprint density at radius 1 is 0.886 bits per heavy atom. The molecule has 9 nitrogen and oxygen atoms in total. The Hall–Kier alpha value is -4.13. The molecule has 0 radical (unpaired) electrons. The van der Waals surface area contributed by atoms with Gasteiger partial charge in [0.05, 0.1) is 21.8 Å². The quantitative estimate of drug-likeness (QED) is 0.147. The molecule has 1 fully saturated rings. The second-order valence-corrected chi connectivity index (χ2v) is 10.7. The molecule has 5 N–H and O–H groups in total. The molecule has 0 aliphatic carbocycles. The minimum Gasteiger partial charge on any atom is -0.396 e. The monoisotopic (exact) mass is 631 g/mol. The van der Waals surface area contributed by atoms with Gasteiger partial charge in [0.25, 0.3) is 17.7 Å². The number of rotatable bonds is 11. The number of halogens is 4. The predicted octanol–water partition coefficient (Wildman–Crippen LogP) is 5.15. The molecular formula is C31H33ClF3N5O4. The van der Waals surface area contributed by atoms with E-state index < -0.39 is 34.5 Å². The summed E-state index contributed by atoms with van der Waals surface area (Å²) in [7, 11) is 0. The average Bonchev–Trinajstić information content (AvgIpc) is 3.02. The summed E-state index contributed by atoms with van der Waals surface area (Å²) in [6, 6.07) is 14.6. The Bertz CT molecular complexity index is 1500. The summed E-state index contributed by atoms with van der Waals surface area (Å²) in [4.78, 5) is 41.1. The van der Waals surface area contributed by atoms with E-state index in [2.05, 4.69) is 26.4 Å². The van der Waals surface area contributed by atoms with Crippen molar-refractivity contribution in [3.8, 4) is 0 Å². The predicted molar refractivity (Wildman–Crippen MR) is 162 cm³/mol. The Kier molecular flexibility index (Phi) is 11.2. The van der Waals surface area contributed by atoms with Crippen LogP contribution in [0, 0.1) is 0 Å². The molecular weight excluding hydrogens is 599 g/mol. The highest BCUT2D eigenvalue weighted by Crippen LogP contribution is 2.35. The van der Waals surface area contributed by atoms with Gasteiger partial charge in [-0.05, 0) is 79.8 Å². The van der Waals surface area contributed by atoms with E-state index >= 15 is 0 Å². The van der Waals surface area contributed by atoms with Crippen molar-refractivity contribution in [2.75, 3.05) is 36.5 Å². The van der Waals surface area contributed by atoms with Crippen molar-refractivity contribution in [3.63, 3.8) is 0 Å². The number of aliphatic hydroxyl groups excluding tert-OH is 1. The second kappa shape index (κ2) is 15.0. The average molecular weight is 632 g/mol. The Morgan fingerprint density at radius 2 is 1.61 bits per heavy atom. The van der Waals surface area contributed by atoms with E-state index in [1.165, 1.54) is 18.2 Å². The minimum atomic E-state index is -4.62. The molecule has 1 saturated heterocycles. The van der Waals surface area contributed by atoms with E-state index in [9.17, 15) is 27.6 Å². The lowest BCUT2D eigenvalue weighted by Crippen LogP contribution is -2.37. The molecule has 0 bridgehead atoms. The molecule has 44 heavy (non-hydrogen) atoms. The fraction of sp³-hybridized carbons (Fsp3) is 0.323. The van der Waals surface area contributed by atoms with Gasteiger partial charge >= 0.3 is 6.18 Å². The molecule has 0 spiro atoms. The lowest BCUT2D eigenvalue weighted by molar-refractivity contribution is -0.137. The summed E-state index contributed by atoms with van der Waals surface area (Å²) in [5, 5.41) is 13.9. The third-order valence-electron chi connectivity index (χ3n) is 7.06. The van der Waals surface area contributed by atoms with E-state index in [1.54, 1.807) is 24.3 Å². The van der Waals surface area contributed by atoms with E-state index in [0.717, 1.165) is 50.2 Å². The third kappa shape index (κ3) is 8.71. The zero-order valence-electron chi connectivity index (χ0n) is 23.8. The van der Waals surface area contributed by atoms with Crippen molar-refractivity contribution in [2.45, 2.75) is 38.4 Å². The Labute approximate surface area is 257 Å². The van der Waals surface area contributed by atoms with E-state index in [-0.39, 0.29) is 47.6 Å². The van der Waals surface area contributed by atoms with Crippen molar-refractivity contribution in [1.29, 1.82) is 0 Å². The van der Waals surface area contributed by atoms with Crippen LogP contribution in [0.4, 0.5) is 24.5 Å². The van der Waals surface area contributed by atoms with Gasteiger partial charge in [0.1, 0.15) is 0 Å². The van der Waals surface area contributed by atoms with E-state index in [4.69, 9.17) is 16.7 Å². The Balaban J connectivity index is 1.51. The van der Waals surface area contributed by atoms with Gasteiger partial charge in [-0.3, -0.25) is 19.8 Å². The zero-order chi connectivity index (χ0) is 31.7. The number of piperidine rings is 1. The van der Waals surface area contributed by atoms with Crippen molar-refractivity contribution >= 4 is 40.7 Å². The minimum absolute atomic E-state index is 0.0647. The summed E-state index contributed by atoms with van der Waals surface area (Å²) in [6.45, 7) is 1.73. The van der Waals surface area contributed by atoms with Crippen LogP contribution in [0.1, 0.15) is 67.9 Å². The first-order valence-corrected chi connectivity index (χ1v) is 14.5. The number of hydrogen-bond donors (Lipinski definition) is 5. The summed E-state index contributed by atoms with van der Waals surface area (Å²) in [6.07, 6.45) is -1.10. The summed E-state index contributed by atoms with van der Waals surface area (Å²) in [5.41, 5.74) is 6.02. The summed E-state index contributed by atoms with van der Waals surface area (Å²) >= 11 is 5.70. The van der Waals surface area contributed by atoms with Gasteiger partial charge in [0.2, 0.25) is 0 Å². The maximum atomic E-state index is 13.3. The van der Waals surface area contributed by atoms with Gasteiger partial charge in [0, 0.05) is 49.6 Å². The van der Waals surface area contributed by atoms with E-state index in [1.807, 2.05) is 6.07 Å². The van der Waals surface area contributed by atoms with Crippen LogP contribution in [0.25, 0.3) is 0 Å². The molecule has 3 aromatic carbocycles. The molecule has 1 aliphatic heterocycles. The molecule has 4 rings (SSSR count). The molecule has 0 unspecified atom stereocenters. The molecule has 1 heterocycles. The summed E-state index contributed by atoms with van der Waals surface area (Å²) in [5.74, 6) is -1.56. The van der Waals surface area contributed by atoms with Gasteiger partial charge in [-0.25, -0.2) is 5.43 Å². The van der Waals surface area contributed by atoms with Crippen molar-refractivity contribution in [3.05, 3.63) is 93.5 Å². The Morgan fingerprint density at radius 3 is 2.32 bits per heavy atom. The number of hydrogen-bond acceptors (Lipinski definition) is 6. The second-order valence-electron chi connectivity index (χ2n) is 10.3. The molecule has 3 aromatic rings. The van der Waals surface area contributed by atoms with Gasteiger partial charge in [-0.15, -0.1) is 0 Å². The number of carbonyl (C=O) groups is 3. The van der Waals surface area contributed by atoms with Crippen LogP contribution >= 0.6 is 11.6 Å². The highest BCUT2D eigenvalue weighted by Gasteiger charge is 2.33. The smallest absolute Gasteiger partial charge is 0.396 e. The first kappa shape index (κ1) is 32.8. The fourth-order valence-electron chi connectivity index (χ4n) is 4.75. The number of benzene rings is 3. The lowest BCUT2D eigenvalue weighted by atomic mass is 10.1.